The van der Waals surface area contributed by atoms with Gasteiger partial charge in [-0.05, 0) is 19.3 Å². The van der Waals surface area contributed by atoms with Crippen molar-refractivity contribution in [2.45, 2.75) is 38.6 Å². The second-order valence-electron chi connectivity index (χ2n) is 6.28. The average Bonchev–Trinajstić information content (AvgIpc) is 3.03. The fraction of sp³-hybridized carbons (Fsp3) is 0.562. The summed E-state index contributed by atoms with van der Waals surface area (Å²) in [6, 6.07) is 0. The molecule has 2 aromatic rings. The van der Waals surface area contributed by atoms with Crippen LogP contribution in [0.15, 0.2) is 24.8 Å². The van der Waals surface area contributed by atoms with E-state index in [-0.39, 0.29) is 5.92 Å². The second kappa shape index (κ2) is 6.98. The van der Waals surface area contributed by atoms with Crippen molar-refractivity contribution in [3.05, 3.63) is 30.5 Å². The van der Waals surface area contributed by atoms with Gasteiger partial charge in [0.05, 0.1) is 30.0 Å². The van der Waals surface area contributed by atoms with Crippen molar-refractivity contribution in [2.75, 3.05) is 19.3 Å². The van der Waals surface area contributed by atoms with Crippen molar-refractivity contribution in [1.29, 1.82) is 0 Å². The molecule has 0 aliphatic carbocycles. The Hall–Kier alpha value is -1.80. The Morgan fingerprint density at radius 1 is 1.25 bits per heavy atom. The van der Waals surface area contributed by atoms with E-state index in [1.807, 2.05) is 10.9 Å². The van der Waals surface area contributed by atoms with Crippen LogP contribution < -0.4 is 0 Å². The Balaban J connectivity index is 1.74. The Morgan fingerprint density at radius 3 is 2.75 bits per heavy atom. The minimum Gasteiger partial charge on any atom is -0.272 e. The van der Waals surface area contributed by atoms with Crippen LogP contribution in [-0.2, 0) is 16.6 Å². The van der Waals surface area contributed by atoms with Crippen LogP contribution in [0.4, 0.5) is 0 Å². The molecule has 3 heterocycles. The van der Waals surface area contributed by atoms with Gasteiger partial charge >= 0.3 is 0 Å². The van der Waals surface area contributed by atoms with E-state index in [1.165, 1.54) is 10.6 Å². The molecule has 1 fully saturated rings. The van der Waals surface area contributed by atoms with Gasteiger partial charge in [0.2, 0.25) is 10.0 Å². The first-order valence-corrected chi connectivity index (χ1v) is 10.1. The highest BCUT2D eigenvalue weighted by molar-refractivity contribution is 7.88. The number of hydrogen-bond donors (Lipinski definition) is 0. The van der Waals surface area contributed by atoms with E-state index >= 15 is 0 Å². The predicted octanol–water partition coefficient (Wildman–Crippen LogP) is 1.89. The topological polar surface area (TPSA) is 81.0 Å². The number of hydrogen-bond acceptors (Lipinski definition) is 5. The van der Waals surface area contributed by atoms with E-state index in [2.05, 4.69) is 22.0 Å². The van der Waals surface area contributed by atoms with Crippen LogP contribution in [0.25, 0.3) is 11.3 Å². The van der Waals surface area contributed by atoms with Crippen molar-refractivity contribution in [2.24, 2.45) is 0 Å². The van der Waals surface area contributed by atoms with Gasteiger partial charge in [-0.3, -0.25) is 14.6 Å². The van der Waals surface area contributed by atoms with Crippen molar-refractivity contribution in [1.82, 2.24) is 24.1 Å². The fourth-order valence-electron chi connectivity index (χ4n) is 3.03. The zero-order valence-electron chi connectivity index (χ0n) is 14.1. The van der Waals surface area contributed by atoms with Gasteiger partial charge in [-0.25, -0.2) is 12.7 Å². The Kier molecular flexibility index (Phi) is 4.96. The number of piperidine rings is 1. The molecular formula is C16H23N5O2S. The van der Waals surface area contributed by atoms with Gasteiger partial charge in [-0.15, -0.1) is 0 Å². The van der Waals surface area contributed by atoms with Gasteiger partial charge in [0.25, 0.3) is 0 Å². The van der Waals surface area contributed by atoms with E-state index in [4.69, 9.17) is 0 Å². The fourth-order valence-corrected chi connectivity index (χ4v) is 3.94. The predicted molar refractivity (Wildman–Crippen MR) is 91.9 cm³/mol. The monoisotopic (exact) mass is 349 g/mol. The molecule has 0 radical (unpaired) electrons. The summed E-state index contributed by atoms with van der Waals surface area (Å²) in [5.41, 5.74) is 2.59. The molecule has 24 heavy (non-hydrogen) atoms. The normalized spacial score (nSPS) is 19.5. The van der Waals surface area contributed by atoms with Gasteiger partial charge in [0.1, 0.15) is 0 Å². The molecule has 2 aromatic heterocycles. The third-order valence-electron chi connectivity index (χ3n) is 4.32. The van der Waals surface area contributed by atoms with Crippen LogP contribution in [0.5, 0.6) is 0 Å². The molecule has 0 unspecified atom stereocenters. The molecule has 0 spiro atoms. The number of nitrogens with zero attached hydrogens (tertiary/aromatic N) is 5. The third-order valence-corrected chi connectivity index (χ3v) is 5.59. The molecule has 8 heteroatoms. The molecule has 7 nitrogen and oxygen atoms in total. The maximum atomic E-state index is 11.7. The van der Waals surface area contributed by atoms with Crippen molar-refractivity contribution in [3.63, 3.8) is 0 Å². The molecule has 1 atom stereocenters. The van der Waals surface area contributed by atoms with Crippen molar-refractivity contribution < 1.29 is 8.42 Å². The van der Waals surface area contributed by atoms with Gasteiger partial charge in [0.15, 0.2) is 0 Å². The first kappa shape index (κ1) is 17.0. The van der Waals surface area contributed by atoms with Crippen LogP contribution in [0.3, 0.4) is 0 Å². The zero-order valence-corrected chi connectivity index (χ0v) is 14.9. The number of sulfonamides is 1. The third kappa shape index (κ3) is 3.81. The number of aryl methyl sites for hydroxylation is 1. The molecular weight excluding hydrogens is 326 g/mol. The molecule has 130 valence electrons. The lowest BCUT2D eigenvalue weighted by molar-refractivity contribution is 0.314. The average molecular weight is 349 g/mol. The molecule has 0 amide bonds. The SMILES string of the molecule is CCCn1cc(-c2cnc([C@@H]3CCCN(S(C)(=O)=O)C3)cn2)cn1. The van der Waals surface area contributed by atoms with Crippen LogP contribution >= 0.6 is 0 Å². The summed E-state index contributed by atoms with van der Waals surface area (Å²) >= 11 is 0. The molecule has 0 saturated carbocycles. The maximum absolute atomic E-state index is 11.7. The standard InChI is InChI=1S/C16H23N5O2S/c1-3-6-20-11-14(8-19-20)16-10-17-15(9-18-16)13-5-4-7-21(12-13)24(2,22)23/h8-11,13H,3-7,12H2,1-2H3/t13-/m1/s1. The molecule has 1 saturated heterocycles. The van der Waals surface area contributed by atoms with E-state index in [1.54, 1.807) is 18.6 Å². The van der Waals surface area contributed by atoms with Crippen molar-refractivity contribution in [3.8, 4) is 11.3 Å². The largest absolute Gasteiger partial charge is 0.272 e. The summed E-state index contributed by atoms with van der Waals surface area (Å²) in [6.07, 6.45) is 11.4. The van der Waals surface area contributed by atoms with E-state index < -0.39 is 10.0 Å². The lowest BCUT2D eigenvalue weighted by Gasteiger charge is -2.30. The Bertz CT molecular complexity index is 785. The van der Waals surface area contributed by atoms with E-state index in [0.717, 1.165) is 42.8 Å². The van der Waals surface area contributed by atoms with Gasteiger partial charge < -0.3 is 0 Å². The minimum atomic E-state index is -3.15. The smallest absolute Gasteiger partial charge is 0.211 e. The quantitative estimate of drug-likeness (QED) is 0.823. The first-order valence-electron chi connectivity index (χ1n) is 8.27. The highest BCUT2D eigenvalue weighted by Crippen LogP contribution is 2.27. The first-order chi connectivity index (χ1) is 11.5. The summed E-state index contributed by atoms with van der Waals surface area (Å²) in [4.78, 5) is 9.03. The molecule has 1 aliphatic heterocycles. The Morgan fingerprint density at radius 2 is 2.08 bits per heavy atom. The summed E-state index contributed by atoms with van der Waals surface area (Å²) in [7, 11) is -3.15. The van der Waals surface area contributed by atoms with Gasteiger partial charge in [0, 0.05) is 43.5 Å². The summed E-state index contributed by atoms with van der Waals surface area (Å²) in [5, 5.41) is 4.31. The molecule has 0 aromatic carbocycles. The zero-order chi connectivity index (χ0) is 17.2. The summed E-state index contributed by atoms with van der Waals surface area (Å²) in [5.74, 6) is 0.109. The van der Waals surface area contributed by atoms with Crippen LogP contribution in [0.2, 0.25) is 0 Å². The molecule has 1 aliphatic rings. The van der Waals surface area contributed by atoms with Crippen LogP contribution in [0.1, 0.15) is 37.8 Å². The van der Waals surface area contributed by atoms with Crippen LogP contribution in [-0.4, -0.2) is 51.8 Å². The van der Waals surface area contributed by atoms with Crippen molar-refractivity contribution >= 4 is 10.0 Å². The van der Waals surface area contributed by atoms with E-state index in [9.17, 15) is 8.42 Å². The maximum Gasteiger partial charge on any atom is 0.211 e. The highest BCUT2D eigenvalue weighted by Gasteiger charge is 2.27. The summed E-state index contributed by atoms with van der Waals surface area (Å²) in [6.45, 7) is 4.08. The second-order valence-corrected chi connectivity index (χ2v) is 8.26. The van der Waals surface area contributed by atoms with Crippen LogP contribution in [0, 0.1) is 0 Å². The lowest BCUT2D eigenvalue weighted by atomic mass is 9.96. The lowest BCUT2D eigenvalue weighted by Crippen LogP contribution is -2.38. The number of rotatable bonds is 5. The Labute approximate surface area is 142 Å². The molecule has 0 N–H and O–H groups in total. The molecule has 3 rings (SSSR count). The number of aromatic nitrogens is 4. The summed E-state index contributed by atoms with van der Waals surface area (Å²) < 4.78 is 26.9. The minimum absolute atomic E-state index is 0.109. The molecule has 0 bridgehead atoms. The van der Waals surface area contributed by atoms with Gasteiger partial charge in [-0.2, -0.15) is 5.10 Å². The van der Waals surface area contributed by atoms with Gasteiger partial charge in [-0.1, -0.05) is 6.92 Å². The highest BCUT2D eigenvalue weighted by atomic mass is 32.2. The van der Waals surface area contributed by atoms with E-state index in [0.29, 0.717) is 13.1 Å².